The van der Waals surface area contributed by atoms with Gasteiger partial charge in [-0.25, -0.2) is 4.79 Å². The lowest BCUT2D eigenvalue weighted by Gasteiger charge is -1.84. The van der Waals surface area contributed by atoms with Gasteiger partial charge in [-0.05, 0) is 6.92 Å². The van der Waals surface area contributed by atoms with E-state index in [1.54, 1.807) is 12.6 Å². The van der Waals surface area contributed by atoms with Crippen LogP contribution in [-0.4, -0.2) is 21.3 Å². The van der Waals surface area contributed by atoms with Crippen molar-refractivity contribution in [1.82, 2.24) is 0 Å². The molecular formula is C4H8O2Si. The molecule has 0 saturated heterocycles. The second kappa shape index (κ2) is 2.57. The zero-order valence-electron chi connectivity index (χ0n) is 4.43. The molecule has 0 spiro atoms. The number of aliphatic carboxylic acids is 1. The fraction of sp³-hybridized carbons (Fsp3) is 0.250. The van der Waals surface area contributed by atoms with Gasteiger partial charge < -0.3 is 5.11 Å². The molecule has 0 fully saturated rings. The number of carboxylic acid groups (broad SMARTS) is 1. The van der Waals surface area contributed by atoms with E-state index in [-0.39, 0.29) is 0 Å². The molecule has 0 aromatic heterocycles. The van der Waals surface area contributed by atoms with Crippen LogP contribution in [-0.2, 0) is 4.79 Å². The molecule has 7 heavy (non-hydrogen) atoms. The predicted molar refractivity (Wildman–Crippen MR) is 31.3 cm³/mol. The molecule has 0 radical (unpaired) electrons. The second-order valence-electron chi connectivity index (χ2n) is 1.28. The van der Waals surface area contributed by atoms with Crippen molar-refractivity contribution in [1.29, 1.82) is 0 Å². The average Bonchev–Trinajstić information content (AvgIpc) is 1.65. The molecule has 0 aromatic carbocycles. The van der Waals surface area contributed by atoms with Crippen molar-refractivity contribution in [2.24, 2.45) is 0 Å². The lowest BCUT2D eigenvalue weighted by atomic mass is 10.4. The van der Waals surface area contributed by atoms with Gasteiger partial charge in [0, 0.05) is 15.8 Å². The summed E-state index contributed by atoms with van der Waals surface area (Å²) in [6.07, 6.45) is 0. The number of carboxylic acids is 1. The molecule has 0 unspecified atom stereocenters. The first kappa shape index (κ1) is 6.43. The van der Waals surface area contributed by atoms with Crippen LogP contribution in [0.15, 0.2) is 11.3 Å². The summed E-state index contributed by atoms with van der Waals surface area (Å²) in [6, 6.07) is 0. The second-order valence-corrected chi connectivity index (χ2v) is 1.85. The highest BCUT2D eigenvalue weighted by Gasteiger charge is 1.93. The van der Waals surface area contributed by atoms with Gasteiger partial charge >= 0.3 is 5.97 Å². The monoisotopic (exact) mass is 116 g/mol. The number of hydrogen-bond acceptors (Lipinski definition) is 1. The van der Waals surface area contributed by atoms with Gasteiger partial charge in [0.25, 0.3) is 0 Å². The summed E-state index contributed by atoms with van der Waals surface area (Å²) in [5.41, 5.74) is 2.15. The van der Waals surface area contributed by atoms with Gasteiger partial charge in [-0.2, -0.15) is 0 Å². The fourth-order valence-electron chi connectivity index (χ4n) is 0.123. The number of hydrogen-bond donors (Lipinski definition) is 1. The molecule has 0 rings (SSSR count). The lowest BCUT2D eigenvalue weighted by molar-refractivity contribution is -0.132. The Morgan fingerprint density at radius 3 is 2.29 bits per heavy atom. The summed E-state index contributed by atoms with van der Waals surface area (Å²) in [6.45, 7) is 1.59. The smallest absolute Gasteiger partial charge is 0.330 e. The minimum atomic E-state index is -0.810. The van der Waals surface area contributed by atoms with Crippen molar-refractivity contribution in [3.63, 3.8) is 0 Å². The summed E-state index contributed by atoms with van der Waals surface area (Å²) >= 11 is 0. The van der Waals surface area contributed by atoms with Crippen LogP contribution in [0.3, 0.4) is 0 Å². The number of rotatable bonds is 1. The molecule has 0 atom stereocenters. The Hall–Kier alpha value is -0.573. The van der Waals surface area contributed by atoms with E-state index in [9.17, 15) is 4.79 Å². The van der Waals surface area contributed by atoms with E-state index in [1.165, 1.54) is 0 Å². The fourth-order valence-corrected chi connectivity index (χ4v) is 0.370. The SMILES string of the molecule is C/C(=C\[SiH3])C(=O)O. The Morgan fingerprint density at radius 1 is 1.86 bits per heavy atom. The van der Waals surface area contributed by atoms with Gasteiger partial charge in [0.15, 0.2) is 0 Å². The van der Waals surface area contributed by atoms with Crippen LogP contribution < -0.4 is 0 Å². The summed E-state index contributed by atoms with van der Waals surface area (Å²) in [5, 5.41) is 8.14. The van der Waals surface area contributed by atoms with Crippen molar-refractivity contribution >= 4 is 16.2 Å². The maximum absolute atomic E-state index is 9.88. The first-order valence-electron chi connectivity index (χ1n) is 2.04. The first-order chi connectivity index (χ1) is 3.18. The Balaban J connectivity index is 3.82. The van der Waals surface area contributed by atoms with E-state index in [1.807, 2.05) is 0 Å². The normalized spacial score (nSPS) is 11.9. The lowest BCUT2D eigenvalue weighted by Crippen LogP contribution is -1.94. The van der Waals surface area contributed by atoms with Crippen molar-refractivity contribution < 1.29 is 9.90 Å². The highest BCUT2D eigenvalue weighted by molar-refractivity contribution is 6.19. The van der Waals surface area contributed by atoms with Crippen LogP contribution in [0, 0.1) is 0 Å². The molecule has 0 heterocycles. The summed E-state index contributed by atoms with van der Waals surface area (Å²) < 4.78 is 0. The quantitative estimate of drug-likeness (QED) is 0.365. The Bertz CT molecular complexity index is 106. The molecule has 0 aliphatic heterocycles. The van der Waals surface area contributed by atoms with E-state index in [0.29, 0.717) is 5.57 Å². The van der Waals surface area contributed by atoms with Crippen molar-refractivity contribution in [3.05, 3.63) is 11.3 Å². The molecule has 0 aliphatic rings. The molecule has 1 N–H and O–H groups in total. The van der Waals surface area contributed by atoms with E-state index in [4.69, 9.17) is 5.11 Å². The summed E-state index contributed by atoms with van der Waals surface area (Å²) in [7, 11) is 0.828. The maximum atomic E-state index is 9.88. The van der Waals surface area contributed by atoms with E-state index in [0.717, 1.165) is 10.2 Å². The highest BCUT2D eigenvalue weighted by Crippen LogP contribution is 1.85. The highest BCUT2D eigenvalue weighted by atomic mass is 28.1. The first-order valence-corrected chi connectivity index (χ1v) is 3.20. The molecule has 0 aliphatic carbocycles. The van der Waals surface area contributed by atoms with Crippen LogP contribution in [0.5, 0.6) is 0 Å². The van der Waals surface area contributed by atoms with Crippen molar-refractivity contribution in [2.75, 3.05) is 0 Å². The summed E-state index contributed by atoms with van der Waals surface area (Å²) in [5.74, 6) is -0.810. The van der Waals surface area contributed by atoms with Crippen LogP contribution in [0.2, 0.25) is 0 Å². The zero-order chi connectivity index (χ0) is 5.86. The predicted octanol–water partition coefficient (Wildman–Crippen LogP) is -0.660. The van der Waals surface area contributed by atoms with Crippen molar-refractivity contribution in [3.8, 4) is 0 Å². The molecule has 40 valence electrons. The third-order valence-corrected chi connectivity index (χ3v) is 1.64. The Labute approximate surface area is 45.3 Å². The largest absolute Gasteiger partial charge is 0.478 e. The van der Waals surface area contributed by atoms with Gasteiger partial charge in [-0.3, -0.25) is 0 Å². The van der Waals surface area contributed by atoms with Crippen LogP contribution in [0.4, 0.5) is 0 Å². The topological polar surface area (TPSA) is 37.3 Å². The standard InChI is InChI=1S/C4H8O2Si/c1-3(2-7)4(5)6/h2H,1,7H3,(H,5,6)/b3-2+. The van der Waals surface area contributed by atoms with Crippen LogP contribution in [0.1, 0.15) is 6.92 Å². The third-order valence-electron chi connectivity index (χ3n) is 0.770. The van der Waals surface area contributed by atoms with Crippen LogP contribution >= 0.6 is 0 Å². The third kappa shape index (κ3) is 2.16. The van der Waals surface area contributed by atoms with E-state index in [2.05, 4.69) is 0 Å². The molecule has 0 saturated carbocycles. The molecular weight excluding hydrogens is 108 g/mol. The van der Waals surface area contributed by atoms with Gasteiger partial charge in [0.2, 0.25) is 0 Å². The molecule has 0 amide bonds. The summed E-state index contributed by atoms with van der Waals surface area (Å²) in [4.78, 5) is 9.88. The molecule has 3 heteroatoms. The minimum Gasteiger partial charge on any atom is -0.478 e. The average molecular weight is 116 g/mol. The Kier molecular flexibility index (Phi) is 2.36. The van der Waals surface area contributed by atoms with Gasteiger partial charge in [0.05, 0.1) is 0 Å². The van der Waals surface area contributed by atoms with Crippen LogP contribution in [0.25, 0.3) is 0 Å². The molecule has 0 bridgehead atoms. The zero-order valence-corrected chi connectivity index (χ0v) is 6.43. The minimum absolute atomic E-state index is 0.451. The van der Waals surface area contributed by atoms with Crippen molar-refractivity contribution in [2.45, 2.75) is 6.92 Å². The molecule has 0 aromatic rings. The van der Waals surface area contributed by atoms with Gasteiger partial charge in [-0.1, -0.05) is 5.70 Å². The Morgan fingerprint density at radius 2 is 2.29 bits per heavy atom. The van der Waals surface area contributed by atoms with E-state index < -0.39 is 5.97 Å². The molecule has 2 nitrogen and oxygen atoms in total. The maximum Gasteiger partial charge on any atom is 0.330 e. The van der Waals surface area contributed by atoms with E-state index >= 15 is 0 Å². The van der Waals surface area contributed by atoms with Gasteiger partial charge in [0.1, 0.15) is 0 Å². The number of carbonyl (C=O) groups is 1. The van der Waals surface area contributed by atoms with Gasteiger partial charge in [-0.15, -0.1) is 0 Å².